The third-order valence-electron chi connectivity index (χ3n) is 2.32. The van der Waals surface area contributed by atoms with Gasteiger partial charge in [-0.2, -0.15) is 0 Å². The minimum absolute atomic E-state index is 0.433. The van der Waals surface area contributed by atoms with Crippen LogP contribution in [0.4, 0.5) is 0 Å². The highest BCUT2D eigenvalue weighted by molar-refractivity contribution is 7.09. The van der Waals surface area contributed by atoms with Gasteiger partial charge in [-0.25, -0.2) is 4.98 Å². The van der Waals surface area contributed by atoms with Crippen molar-refractivity contribution in [2.45, 2.75) is 46.2 Å². The van der Waals surface area contributed by atoms with E-state index in [0.717, 1.165) is 5.69 Å². The summed E-state index contributed by atoms with van der Waals surface area (Å²) in [6, 6.07) is 1.01. The van der Waals surface area contributed by atoms with E-state index >= 15 is 0 Å². The second-order valence-corrected chi connectivity index (χ2v) is 4.39. The summed E-state index contributed by atoms with van der Waals surface area (Å²) in [5.74, 6) is 0. The summed E-state index contributed by atoms with van der Waals surface area (Å²) >= 11 is 1.74. The molecule has 13 heavy (non-hydrogen) atoms. The molecule has 0 aliphatic rings. The topological polar surface area (TPSA) is 24.9 Å². The van der Waals surface area contributed by atoms with Crippen LogP contribution in [0.1, 0.15) is 43.8 Å². The van der Waals surface area contributed by atoms with Gasteiger partial charge in [-0.05, 0) is 27.2 Å². The number of nitrogens with zero attached hydrogens (tertiary/aromatic N) is 1. The van der Waals surface area contributed by atoms with Crippen LogP contribution >= 0.6 is 11.3 Å². The first-order valence-electron chi connectivity index (χ1n) is 4.81. The number of hydrogen-bond acceptors (Lipinski definition) is 3. The van der Waals surface area contributed by atoms with E-state index in [0.29, 0.717) is 12.1 Å². The standard InChI is InChI=1S/C10H18N2S/c1-5-7(2)12-9(4)10-8(3)11-6-13-10/h6-7,9,12H,5H2,1-4H3. The van der Waals surface area contributed by atoms with Gasteiger partial charge in [0.25, 0.3) is 0 Å². The molecule has 0 spiro atoms. The van der Waals surface area contributed by atoms with Gasteiger partial charge in [-0.3, -0.25) is 0 Å². The summed E-state index contributed by atoms with van der Waals surface area (Å²) in [6.45, 7) is 8.68. The largest absolute Gasteiger partial charge is 0.307 e. The van der Waals surface area contributed by atoms with Gasteiger partial charge in [0.15, 0.2) is 0 Å². The minimum atomic E-state index is 0.433. The number of aromatic nitrogens is 1. The number of aryl methyl sites for hydroxylation is 1. The average Bonchev–Trinajstić information content (AvgIpc) is 2.51. The lowest BCUT2D eigenvalue weighted by Crippen LogP contribution is -2.28. The highest BCUT2D eigenvalue weighted by Crippen LogP contribution is 2.21. The molecule has 3 heteroatoms. The molecule has 1 aromatic rings. The van der Waals surface area contributed by atoms with Crippen LogP contribution < -0.4 is 5.32 Å². The second-order valence-electron chi connectivity index (χ2n) is 3.50. The first-order valence-corrected chi connectivity index (χ1v) is 5.69. The van der Waals surface area contributed by atoms with Crippen LogP contribution in [-0.4, -0.2) is 11.0 Å². The molecule has 0 aromatic carbocycles. The number of thiazole rings is 1. The number of nitrogens with one attached hydrogen (secondary N) is 1. The molecule has 0 bridgehead atoms. The van der Waals surface area contributed by atoms with Crippen LogP contribution in [-0.2, 0) is 0 Å². The smallest absolute Gasteiger partial charge is 0.0798 e. The molecule has 1 N–H and O–H groups in total. The third-order valence-corrected chi connectivity index (χ3v) is 3.44. The lowest BCUT2D eigenvalue weighted by molar-refractivity contribution is 0.472. The molecular weight excluding hydrogens is 180 g/mol. The highest BCUT2D eigenvalue weighted by atomic mass is 32.1. The molecule has 0 saturated heterocycles. The van der Waals surface area contributed by atoms with Crippen molar-refractivity contribution in [3.63, 3.8) is 0 Å². The van der Waals surface area contributed by atoms with Crippen LogP contribution in [0.3, 0.4) is 0 Å². The van der Waals surface area contributed by atoms with E-state index in [4.69, 9.17) is 0 Å². The van der Waals surface area contributed by atoms with Crippen molar-refractivity contribution in [2.75, 3.05) is 0 Å². The molecule has 2 nitrogen and oxygen atoms in total. The fraction of sp³-hybridized carbons (Fsp3) is 0.700. The van der Waals surface area contributed by atoms with Crippen molar-refractivity contribution >= 4 is 11.3 Å². The summed E-state index contributed by atoms with van der Waals surface area (Å²) in [6.07, 6.45) is 1.17. The van der Waals surface area contributed by atoms with Crippen molar-refractivity contribution in [1.82, 2.24) is 10.3 Å². The predicted molar refractivity (Wildman–Crippen MR) is 58.2 cm³/mol. The lowest BCUT2D eigenvalue weighted by Gasteiger charge is -2.17. The maximum atomic E-state index is 4.25. The van der Waals surface area contributed by atoms with E-state index in [1.54, 1.807) is 11.3 Å². The quantitative estimate of drug-likeness (QED) is 0.804. The van der Waals surface area contributed by atoms with Crippen LogP contribution in [0.25, 0.3) is 0 Å². The van der Waals surface area contributed by atoms with E-state index in [9.17, 15) is 0 Å². The first kappa shape index (κ1) is 10.7. The molecule has 0 radical (unpaired) electrons. The number of hydrogen-bond donors (Lipinski definition) is 1. The van der Waals surface area contributed by atoms with Gasteiger partial charge in [0, 0.05) is 17.0 Å². The van der Waals surface area contributed by atoms with Crippen molar-refractivity contribution < 1.29 is 0 Å². The van der Waals surface area contributed by atoms with Crippen LogP contribution in [0.15, 0.2) is 5.51 Å². The van der Waals surface area contributed by atoms with E-state index in [2.05, 4.69) is 38.0 Å². The van der Waals surface area contributed by atoms with Crippen molar-refractivity contribution in [3.05, 3.63) is 16.1 Å². The molecule has 1 rings (SSSR count). The Kier molecular flexibility index (Phi) is 3.88. The highest BCUT2D eigenvalue weighted by Gasteiger charge is 2.12. The number of rotatable bonds is 4. The summed E-state index contributed by atoms with van der Waals surface area (Å²) in [5.41, 5.74) is 3.08. The molecule has 0 aliphatic heterocycles. The third kappa shape index (κ3) is 2.78. The molecule has 0 fully saturated rings. The van der Waals surface area contributed by atoms with Crippen molar-refractivity contribution in [1.29, 1.82) is 0 Å². The van der Waals surface area contributed by atoms with E-state index in [1.807, 2.05) is 5.51 Å². The molecule has 0 saturated carbocycles. The van der Waals surface area contributed by atoms with Crippen LogP contribution in [0.5, 0.6) is 0 Å². The lowest BCUT2D eigenvalue weighted by atomic mass is 10.2. The molecule has 1 heterocycles. The average molecular weight is 198 g/mol. The Labute approximate surface area is 84.4 Å². The van der Waals surface area contributed by atoms with Gasteiger partial charge in [0.05, 0.1) is 11.2 Å². The molecule has 74 valence electrons. The van der Waals surface area contributed by atoms with Gasteiger partial charge in [0.1, 0.15) is 0 Å². The molecular formula is C10H18N2S. The Morgan fingerprint density at radius 2 is 2.23 bits per heavy atom. The Morgan fingerprint density at radius 1 is 1.54 bits per heavy atom. The summed E-state index contributed by atoms with van der Waals surface area (Å²) in [4.78, 5) is 5.61. The normalized spacial score (nSPS) is 15.7. The van der Waals surface area contributed by atoms with Crippen LogP contribution in [0.2, 0.25) is 0 Å². The van der Waals surface area contributed by atoms with Crippen molar-refractivity contribution in [3.8, 4) is 0 Å². The fourth-order valence-corrected chi connectivity index (χ4v) is 2.17. The van der Waals surface area contributed by atoms with Gasteiger partial charge in [-0.15, -0.1) is 11.3 Å². The maximum absolute atomic E-state index is 4.25. The zero-order valence-corrected chi connectivity index (χ0v) is 9.61. The summed E-state index contributed by atoms with van der Waals surface area (Å²) in [7, 11) is 0. The monoisotopic (exact) mass is 198 g/mol. The van der Waals surface area contributed by atoms with Gasteiger partial charge in [-0.1, -0.05) is 6.92 Å². The summed E-state index contributed by atoms with van der Waals surface area (Å²) in [5, 5.41) is 3.54. The Morgan fingerprint density at radius 3 is 2.69 bits per heavy atom. The Hall–Kier alpha value is -0.410. The van der Waals surface area contributed by atoms with Gasteiger partial charge < -0.3 is 5.32 Å². The van der Waals surface area contributed by atoms with Crippen LogP contribution in [0, 0.1) is 6.92 Å². The first-order chi connectivity index (χ1) is 6.15. The van der Waals surface area contributed by atoms with E-state index < -0.39 is 0 Å². The zero-order valence-electron chi connectivity index (χ0n) is 8.79. The van der Waals surface area contributed by atoms with Gasteiger partial charge >= 0.3 is 0 Å². The summed E-state index contributed by atoms with van der Waals surface area (Å²) < 4.78 is 0. The van der Waals surface area contributed by atoms with Crippen molar-refractivity contribution in [2.24, 2.45) is 0 Å². The Balaban J connectivity index is 2.58. The van der Waals surface area contributed by atoms with Gasteiger partial charge in [0.2, 0.25) is 0 Å². The second kappa shape index (κ2) is 4.72. The zero-order chi connectivity index (χ0) is 9.84. The minimum Gasteiger partial charge on any atom is -0.307 e. The SMILES string of the molecule is CCC(C)NC(C)c1scnc1C. The van der Waals surface area contributed by atoms with E-state index in [1.165, 1.54) is 11.3 Å². The molecule has 0 amide bonds. The molecule has 1 aromatic heterocycles. The van der Waals surface area contributed by atoms with E-state index in [-0.39, 0.29) is 0 Å². The maximum Gasteiger partial charge on any atom is 0.0798 e. The molecule has 2 atom stereocenters. The fourth-order valence-electron chi connectivity index (χ4n) is 1.35. The Bertz CT molecular complexity index is 257. The molecule has 0 aliphatic carbocycles. The predicted octanol–water partition coefficient (Wildman–Crippen LogP) is 2.90. The molecule has 2 unspecified atom stereocenters.